The number of sulfonamides is 1. The molecule has 1 aliphatic rings. The van der Waals surface area contributed by atoms with Gasteiger partial charge >= 0.3 is 0 Å². The summed E-state index contributed by atoms with van der Waals surface area (Å²) in [7, 11) is -1.81. The van der Waals surface area contributed by atoms with Crippen LogP contribution in [0.1, 0.15) is 19.8 Å². The maximum Gasteiger partial charge on any atom is 0.262 e. The Hall–Kier alpha value is -0.920. The minimum absolute atomic E-state index is 0.0403. The number of nitrogens with zero attached hydrogens (tertiary/aromatic N) is 3. The summed E-state index contributed by atoms with van der Waals surface area (Å²) in [4.78, 5) is 3.84. The lowest BCUT2D eigenvalue weighted by Crippen LogP contribution is -2.63. The first-order chi connectivity index (χ1) is 7.87. The molecule has 0 amide bonds. The van der Waals surface area contributed by atoms with Gasteiger partial charge in [0, 0.05) is 26.3 Å². The third kappa shape index (κ3) is 2.22. The summed E-state index contributed by atoms with van der Waals surface area (Å²) in [6, 6.07) is 0. The molecule has 0 aliphatic carbocycles. The zero-order valence-corrected chi connectivity index (χ0v) is 10.8. The van der Waals surface area contributed by atoms with E-state index in [1.807, 2.05) is 6.92 Å². The van der Waals surface area contributed by atoms with E-state index in [1.165, 1.54) is 16.8 Å². The minimum atomic E-state index is -3.53. The second kappa shape index (κ2) is 4.08. The highest BCUT2D eigenvalue weighted by atomic mass is 32.2. The van der Waals surface area contributed by atoms with Crippen molar-refractivity contribution in [1.29, 1.82) is 0 Å². The Balaban J connectivity index is 2.11. The van der Waals surface area contributed by atoms with Crippen molar-refractivity contribution in [2.75, 3.05) is 13.1 Å². The third-order valence-corrected chi connectivity index (χ3v) is 4.62. The Labute approximate surface area is 101 Å². The topological polar surface area (TPSA) is 75.4 Å². The Morgan fingerprint density at radius 1 is 1.53 bits per heavy atom. The van der Waals surface area contributed by atoms with Crippen molar-refractivity contribution in [1.82, 2.24) is 13.9 Å². The fraction of sp³-hybridized carbons (Fsp3) is 0.700. The van der Waals surface area contributed by atoms with Crippen molar-refractivity contribution in [2.45, 2.75) is 30.4 Å². The average molecular weight is 259 g/mol. The van der Waals surface area contributed by atoms with E-state index in [0.717, 1.165) is 6.42 Å². The molecule has 1 aromatic rings. The van der Waals surface area contributed by atoms with Crippen LogP contribution in [0.25, 0.3) is 0 Å². The van der Waals surface area contributed by atoms with E-state index in [1.54, 1.807) is 11.6 Å². The molecule has 1 aromatic heterocycles. The predicted molar refractivity (Wildman–Crippen MR) is 61.8 cm³/mol. The molecule has 96 valence electrons. The molecule has 7 heteroatoms. The molecule has 17 heavy (non-hydrogen) atoms. The van der Waals surface area contributed by atoms with E-state index in [2.05, 4.69) is 4.98 Å². The molecule has 1 N–H and O–H groups in total. The van der Waals surface area contributed by atoms with Crippen molar-refractivity contribution >= 4 is 10.0 Å². The van der Waals surface area contributed by atoms with Crippen molar-refractivity contribution < 1.29 is 13.5 Å². The Bertz CT molecular complexity index is 503. The molecule has 2 rings (SSSR count). The zero-order valence-electron chi connectivity index (χ0n) is 10.00. The zero-order chi connectivity index (χ0) is 12.7. The molecule has 1 fully saturated rings. The first-order valence-electron chi connectivity index (χ1n) is 5.58. The Kier molecular flexibility index (Phi) is 3.01. The number of hydrogen-bond acceptors (Lipinski definition) is 4. The lowest BCUT2D eigenvalue weighted by Gasteiger charge is -2.44. The van der Waals surface area contributed by atoms with Crippen LogP contribution in [0, 0.1) is 0 Å². The second-order valence-corrected chi connectivity index (χ2v) is 6.51. The fourth-order valence-electron chi connectivity index (χ4n) is 2.06. The molecule has 0 saturated carbocycles. The van der Waals surface area contributed by atoms with Gasteiger partial charge in [-0.05, 0) is 6.42 Å². The summed E-state index contributed by atoms with van der Waals surface area (Å²) >= 11 is 0. The number of hydrogen-bond donors (Lipinski definition) is 1. The van der Waals surface area contributed by atoms with Crippen LogP contribution in [-0.2, 0) is 17.1 Å². The first kappa shape index (κ1) is 12.5. The number of aromatic nitrogens is 2. The molecular formula is C10H17N3O3S. The van der Waals surface area contributed by atoms with Crippen molar-refractivity contribution in [3.8, 4) is 0 Å². The number of β-amino-alcohol motifs (C(OH)–C–C–N with tert-alkyl or cyclic N) is 1. The van der Waals surface area contributed by atoms with Crippen LogP contribution in [0.3, 0.4) is 0 Å². The van der Waals surface area contributed by atoms with Crippen molar-refractivity contribution in [3.05, 3.63) is 12.5 Å². The summed E-state index contributed by atoms with van der Waals surface area (Å²) in [5, 5.41) is 10.0. The minimum Gasteiger partial charge on any atom is -0.387 e. The molecule has 0 atom stereocenters. The highest BCUT2D eigenvalue weighted by molar-refractivity contribution is 7.89. The maximum absolute atomic E-state index is 12.1. The van der Waals surface area contributed by atoms with Gasteiger partial charge in [0.2, 0.25) is 0 Å². The Morgan fingerprint density at radius 2 is 2.18 bits per heavy atom. The fourth-order valence-corrected chi connectivity index (χ4v) is 3.62. The normalized spacial score (nSPS) is 20.2. The van der Waals surface area contributed by atoms with E-state index >= 15 is 0 Å². The summed E-state index contributed by atoms with van der Waals surface area (Å²) < 4.78 is 27.0. The van der Waals surface area contributed by atoms with Gasteiger partial charge in [0.05, 0.1) is 11.9 Å². The first-order valence-corrected chi connectivity index (χ1v) is 7.02. The van der Waals surface area contributed by atoms with E-state index < -0.39 is 15.6 Å². The van der Waals surface area contributed by atoms with Gasteiger partial charge in [0.25, 0.3) is 10.0 Å². The molecule has 0 aromatic carbocycles. The molecule has 1 aliphatic heterocycles. The largest absolute Gasteiger partial charge is 0.387 e. The van der Waals surface area contributed by atoms with E-state index in [9.17, 15) is 13.5 Å². The summed E-state index contributed by atoms with van der Waals surface area (Å²) in [5.41, 5.74) is -0.851. The van der Waals surface area contributed by atoms with E-state index in [4.69, 9.17) is 0 Å². The van der Waals surface area contributed by atoms with Gasteiger partial charge in [0.15, 0.2) is 5.03 Å². The van der Waals surface area contributed by atoms with Gasteiger partial charge in [-0.1, -0.05) is 13.3 Å². The SMILES string of the molecule is CCCC1(O)CN(S(=O)(=O)c2cn(C)cn2)C1. The summed E-state index contributed by atoms with van der Waals surface area (Å²) in [5.74, 6) is 0. The van der Waals surface area contributed by atoms with Crippen LogP contribution >= 0.6 is 0 Å². The summed E-state index contributed by atoms with van der Waals surface area (Å²) in [6.07, 6.45) is 4.38. The van der Waals surface area contributed by atoms with E-state index in [0.29, 0.717) is 6.42 Å². The van der Waals surface area contributed by atoms with Crippen molar-refractivity contribution in [3.63, 3.8) is 0 Å². The molecule has 1 saturated heterocycles. The molecule has 0 unspecified atom stereocenters. The van der Waals surface area contributed by atoms with Crippen LogP contribution in [0.4, 0.5) is 0 Å². The standard InChI is InChI=1S/C10H17N3O3S/c1-3-4-10(14)6-13(7-10)17(15,16)9-5-12(2)8-11-9/h5,8,14H,3-4,6-7H2,1-2H3. The van der Waals surface area contributed by atoms with Gasteiger partial charge in [-0.3, -0.25) is 0 Å². The van der Waals surface area contributed by atoms with Crippen molar-refractivity contribution in [2.24, 2.45) is 7.05 Å². The quantitative estimate of drug-likeness (QED) is 0.823. The molecule has 0 bridgehead atoms. The molecular weight excluding hydrogens is 242 g/mol. The molecule has 2 heterocycles. The van der Waals surface area contributed by atoms with Gasteiger partial charge < -0.3 is 9.67 Å². The summed E-state index contributed by atoms with van der Waals surface area (Å²) in [6.45, 7) is 2.30. The van der Waals surface area contributed by atoms with Gasteiger partial charge in [-0.2, -0.15) is 4.31 Å². The third-order valence-electron chi connectivity index (χ3n) is 2.94. The van der Waals surface area contributed by atoms with Crippen LogP contribution in [0.2, 0.25) is 0 Å². The molecule has 0 spiro atoms. The van der Waals surface area contributed by atoms with Crippen LogP contribution in [0.15, 0.2) is 17.6 Å². The van der Waals surface area contributed by atoms with Crippen LogP contribution in [-0.4, -0.2) is 46.1 Å². The Morgan fingerprint density at radius 3 is 2.65 bits per heavy atom. The smallest absolute Gasteiger partial charge is 0.262 e. The average Bonchev–Trinajstić information content (AvgIpc) is 2.62. The highest BCUT2D eigenvalue weighted by Gasteiger charge is 2.47. The van der Waals surface area contributed by atoms with Gasteiger partial charge in [-0.15, -0.1) is 0 Å². The number of aryl methyl sites for hydroxylation is 1. The van der Waals surface area contributed by atoms with Crippen LogP contribution in [0.5, 0.6) is 0 Å². The lowest BCUT2D eigenvalue weighted by molar-refractivity contribution is -0.0654. The van der Waals surface area contributed by atoms with Gasteiger partial charge in [-0.25, -0.2) is 13.4 Å². The van der Waals surface area contributed by atoms with E-state index in [-0.39, 0.29) is 18.1 Å². The number of aliphatic hydroxyl groups is 1. The molecule has 0 radical (unpaired) electrons. The second-order valence-electron chi connectivity index (χ2n) is 4.62. The lowest BCUT2D eigenvalue weighted by atomic mass is 9.92. The predicted octanol–water partition coefficient (Wildman–Crippen LogP) is -0.0444. The highest BCUT2D eigenvalue weighted by Crippen LogP contribution is 2.30. The number of imidazole rings is 1. The monoisotopic (exact) mass is 259 g/mol. The number of rotatable bonds is 4. The maximum atomic E-state index is 12.1. The molecule has 6 nitrogen and oxygen atoms in total. The van der Waals surface area contributed by atoms with Gasteiger partial charge in [0.1, 0.15) is 0 Å². The van der Waals surface area contributed by atoms with Crippen LogP contribution < -0.4 is 0 Å².